The van der Waals surface area contributed by atoms with E-state index >= 15 is 0 Å². The van der Waals surface area contributed by atoms with Crippen molar-refractivity contribution in [3.8, 4) is 0 Å². The normalized spacial score (nSPS) is 10.5. The van der Waals surface area contributed by atoms with Crippen LogP contribution in [-0.2, 0) is 0 Å². The first-order valence-corrected chi connectivity index (χ1v) is 14.2. The van der Waals surface area contributed by atoms with Crippen molar-refractivity contribution in [1.29, 1.82) is 0 Å². The summed E-state index contributed by atoms with van der Waals surface area (Å²) in [6, 6.07) is 21.5. The third-order valence-electron chi connectivity index (χ3n) is 5.76. The van der Waals surface area contributed by atoms with Gasteiger partial charge in [-0.3, -0.25) is 0 Å². The molecule has 0 radical (unpaired) electrons. The molecule has 0 amide bonds. The summed E-state index contributed by atoms with van der Waals surface area (Å²) in [6.45, 7) is 16.3. The molecule has 4 aromatic rings. The lowest BCUT2D eigenvalue weighted by atomic mass is 10.0. The summed E-state index contributed by atoms with van der Waals surface area (Å²) < 4.78 is 50.4. The molecule has 0 aliphatic heterocycles. The van der Waals surface area contributed by atoms with Crippen LogP contribution in [0.1, 0.15) is 101 Å². The Labute approximate surface area is 236 Å². The number of thiophene rings is 1. The first kappa shape index (κ1) is 34.1. The van der Waals surface area contributed by atoms with Crippen LogP contribution in [0.5, 0.6) is 0 Å². The highest BCUT2D eigenvalue weighted by Crippen LogP contribution is 2.20. The molecule has 0 spiro atoms. The van der Waals surface area contributed by atoms with Gasteiger partial charge in [0.2, 0.25) is 0 Å². The van der Waals surface area contributed by atoms with Gasteiger partial charge >= 0.3 is 0 Å². The first-order valence-electron chi connectivity index (χ1n) is 13.3. The van der Waals surface area contributed by atoms with E-state index in [1.54, 1.807) is 6.07 Å². The van der Waals surface area contributed by atoms with Crippen molar-refractivity contribution in [3.05, 3.63) is 129 Å². The molecule has 5 heteroatoms. The molecule has 0 fully saturated rings. The maximum atomic E-state index is 12.9. The SMILES string of the molecule is CC(C)c1ccc(F)cc1.CC(C)c1ccc(F)cc1F.CC(C)c1ccccc1F.CC(C)c1cccs1. The summed E-state index contributed by atoms with van der Waals surface area (Å²) in [7, 11) is 0. The van der Waals surface area contributed by atoms with Gasteiger partial charge in [-0.15, -0.1) is 11.3 Å². The molecule has 39 heavy (non-hydrogen) atoms. The smallest absolute Gasteiger partial charge is 0.129 e. The average Bonchev–Trinajstić information content (AvgIpc) is 3.41. The van der Waals surface area contributed by atoms with E-state index in [1.165, 1.54) is 40.8 Å². The van der Waals surface area contributed by atoms with E-state index in [4.69, 9.17) is 0 Å². The zero-order valence-electron chi connectivity index (χ0n) is 24.3. The highest BCUT2D eigenvalue weighted by atomic mass is 32.1. The molecule has 0 saturated carbocycles. The predicted molar refractivity (Wildman–Crippen MR) is 160 cm³/mol. The Hall–Kier alpha value is -2.92. The third-order valence-corrected chi connectivity index (χ3v) is 6.93. The second-order valence-corrected chi connectivity index (χ2v) is 11.4. The Balaban J connectivity index is 0.000000261. The Morgan fingerprint density at radius 2 is 1.03 bits per heavy atom. The van der Waals surface area contributed by atoms with Crippen molar-refractivity contribution in [1.82, 2.24) is 0 Å². The van der Waals surface area contributed by atoms with Crippen LogP contribution in [0.4, 0.5) is 17.6 Å². The minimum absolute atomic E-state index is 0.0995. The van der Waals surface area contributed by atoms with Crippen LogP contribution < -0.4 is 0 Å². The highest BCUT2D eigenvalue weighted by Gasteiger charge is 2.06. The molecule has 4 rings (SSSR count). The summed E-state index contributed by atoms with van der Waals surface area (Å²) in [6.07, 6.45) is 0. The van der Waals surface area contributed by atoms with Crippen molar-refractivity contribution < 1.29 is 17.6 Å². The van der Waals surface area contributed by atoms with Crippen LogP contribution in [0.3, 0.4) is 0 Å². The van der Waals surface area contributed by atoms with E-state index < -0.39 is 11.6 Å². The van der Waals surface area contributed by atoms with Gasteiger partial charge in [0.15, 0.2) is 0 Å². The Kier molecular flexibility index (Phi) is 15.4. The van der Waals surface area contributed by atoms with Crippen molar-refractivity contribution in [2.45, 2.75) is 79.1 Å². The van der Waals surface area contributed by atoms with Crippen LogP contribution in [0.2, 0.25) is 0 Å². The number of benzene rings is 3. The van der Waals surface area contributed by atoms with Gasteiger partial charge in [0.25, 0.3) is 0 Å². The Morgan fingerprint density at radius 1 is 0.487 bits per heavy atom. The van der Waals surface area contributed by atoms with Gasteiger partial charge in [-0.1, -0.05) is 97.9 Å². The summed E-state index contributed by atoms with van der Waals surface area (Å²) in [4.78, 5) is 1.48. The number of hydrogen-bond acceptors (Lipinski definition) is 1. The van der Waals surface area contributed by atoms with Gasteiger partial charge in [0.1, 0.15) is 23.3 Å². The largest absolute Gasteiger partial charge is 0.207 e. The predicted octanol–water partition coefficient (Wildman–Crippen LogP) is 11.9. The maximum Gasteiger partial charge on any atom is 0.129 e. The number of hydrogen-bond donors (Lipinski definition) is 0. The summed E-state index contributed by atoms with van der Waals surface area (Å²) in [5.41, 5.74) is 2.54. The molecule has 0 bridgehead atoms. The summed E-state index contributed by atoms with van der Waals surface area (Å²) >= 11 is 1.83. The molecule has 0 aliphatic rings. The van der Waals surface area contributed by atoms with Crippen molar-refractivity contribution in [3.63, 3.8) is 0 Å². The summed E-state index contributed by atoms with van der Waals surface area (Å²) in [5, 5.41) is 2.12. The summed E-state index contributed by atoms with van der Waals surface area (Å²) in [5.74, 6) is 0.334. The molecular weight excluding hydrogens is 516 g/mol. The first-order chi connectivity index (χ1) is 18.3. The van der Waals surface area contributed by atoms with Crippen molar-refractivity contribution >= 4 is 11.3 Å². The molecule has 1 heterocycles. The molecule has 0 unspecified atom stereocenters. The fourth-order valence-corrected chi connectivity index (χ4v) is 4.12. The molecule has 212 valence electrons. The van der Waals surface area contributed by atoms with Crippen molar-refractivity contribution in [2.75, 3.05) is 0 Å². The van der Waals surface area contributed by atoms with Crippen LogP contribution >= 0.6 is 11.3 Å². The maximum absolute atomic E-state index is 12.9. The quantitative estimate of drug-likeness (QED) is 0.219. The molecule has 1 aromatic heterocycles. The average molecular weight is 559 g/mol. The molecule has 0 nitrogen and oxygen atoms in total. The van der Waals surface area contributed by atoms with E-state index in [0.717, 1.165) is 11.6 Å². The standard InChI is InChI=1S/C9H10F2.2C9H11F.C7H10S/c1-6(2)8-4-3-7(10)5-9(8)11;1-7(2)8-3-5-9(10)6-4-8;1-7(2)8-5-3-4-6-9(8)10;1-6(2)7-4-3-5-8-7/h3-6H,1-2H3;2*3-7H,1-2H3;3-6H,1-2H3. The fourth-order valence-electron chi connectivity index (χ4n) is 3.38. The third kappa shape index (κ3) is 13.1. The van der Waals surface area contributed by atoms with E-state index in [1.807, 2.05) is 63.3 Å². The topological polar surface area (TPSA) is 0 Å². The second kappa shape index (κ2) is 17.6. The van der Waals surface area contributed by atoms with Gasteiger partial charge < -0.3 is 0 Å². The van der Waals surface area contributed by atoms with Gasteiger partial charge in [-0.25, -0.2) is 17.6 Å². The van der Waals surface area contributed by atoms with Crippen LogP contribution in [0.15, 0.2) is 84.2 Å². The van der Waals surface area contributed by atoms with Gasteiger partial charge in [-0.05, 0) is 76.1 Å². The fraction of sp³-hybridized carbons (Fsp3) is 0.353. The molecule has 3 aromatic carbocycles. The zero-order valence-corrected chi connectivity index (χ0v) is 25.1. The van der Waals surface area contributed by atoms with E-state index in [9.17, 15) is 17.6 Å². The van der Waals surface area contributed by atoms with Gasteiger partial charge in [-0.2, -0.15) is 0 Å². The monoisotopic (exact) mass is 558 g/mol. The van der Waals surface area contributed by atoms with Crippen LogP contribution in [-0.4, -0.2) is 0 Å². The lowest BCUT2D eigenvalue weighted by molar-refractivity contribution is 0.565. The minimum atomic E-state index is -0.521. The van der Waals surface area contributed by atoms with Crippen LogP contribution in [0, 0.1) is 23.3 Å². The second-order valence-electron chi connectivity index (χ2n) is 10.4. The Bertz CT molecular complexity index is 1190. The van der Waals surface area contributed by atoms with Crippen molar-refractivity contribution in [2.24, 2.45) is 0 Å². The lowest BCUT2D eigenvalue weighted by Gasteiger charge is -2.05. The number of halogens is 4. The Morgan fingerprint density at radius 3 is 1.41 bits per heavy atom. The van der Waals surface area contributed by atoms with E-state index in [0.29, 0.717) is 17.4 Å². The molecular formula is C34H42F4S. The van der Waals surface area contributed by atoms with E-state index in [-0.39, 0.29) is 23.5 Å². The molecule has 0 atom stereocenters. The molecule has 0 saturated heterocycles. The molecule has 0 N–H and O–H groups in total. The number of rotatable bonds is 4. The lowest BCUT2D eigenvalue weighted by Crippen LogP contribution is -1.92. The minimum Gasteiger partial charge on any atom is -0.207 e. The molecule has 0 aliphatic carbocycles. The zero-order chi connectivity index (χ0) is 29.5. The highest BCUT2D eigenvalue weighted by molar-refractivity contribution is 7.10. The van der Waals surface area contributed by atoms with Gasteiger partial charge in [0, 0.05) is 10.9 Å². The van der Waals surface area contributed by atoms with Crippen LogP contribution in [0.25, 0.3) is 0 Å². The van der Waals surface area contributed by atoms with E-state index in [2.05, 4.69) is 45.2 Å². The van der Waals surface area contributed by atoms with Gasteiger partial charge in [0.05, 0.1) is 0 Å².